The Hall–Kier alpha value is -2.29. The molecule has 2 aromatic carbocycles. The number of halogens is 3. The number of aliphatic hydroxyl groups is 2. The number of aliphatic hydroxyl groups excluding tert-OH is 1. The van der Waals surface area contributed by atoms with Crippen LogP contribution in [-0.4, -0.2) is 46.0 Å². The van der Waals surface area contributed by atoms with Crippen LogP contribution >= 0.6 is 0 Å². The standard InChI is InChI=1S/C21H22F3NO4/c22-21(23,24)14-3-1-13(2-4-14)20(28)7-9-25(10-8-20)17-12-29-18-11-15(26)5-6-16(18)19(17)27/h1-6,11,17,19,26-28H,7-10,12H2/t17-,19+/m1/s1. The molecule has 2 aliphatic rings. The summed E-state index contributed by atoms with van der Waals surface area (Å²) in [5, 5.41) is 31.3. The Morgan fingerprint density at radius 2 is 1.69 bits per heavy atom. The number of fused-ring (bicyclic) bond motifs is 1. The monoisotopic (exact) mass is 409 g/mol. The van der Waals surface area contributed by atoms with Gasteiger partial charge in [-0.25, -0.2) is 0 Å². The lowest BCUT2D eigenvalue weighted by Gasteiger charge is -2.44. The first-order valence-electron chi connectivity index (χ1n) is 9.45. The van der Waals surface area contributed by atoms with Crippen LogP contribution < -0.4 is 4.74 Å². The molecule has 5 nitrogen and oxygen atoms in total. The summed E-state index contributed by atoms with van der Waals surface area (Å²) >= 11 is 0. The largest absolute Gasteiger partial charge is 0.508 e. The van der Waals surface area contributed by atoms with E-state index in [-0.39, 0.29) is 18.4 Å². The lowest BCUT2D eigenvalue weighted by molar-refractivity contribution is -0.137. The fraction of sp³-hybridized carbons (Fsp3) is 0.429. The smallest absolute Gasteiger partial charge is 0.416 e. The molecule has 0 saturated carbocycles. The number of nitrogens with zero attached hydrogens (tertiary/aromatic N) is 1. The highest BCUT2D eigenvalue weighted by molar-refractivity contribution is 5.43. The van der Waals surface area contributed by atoms with Crippen LogP contribution in [0.1, 0.15) is 35.6 Å². The molecule has 0 aromatic heterocycles. The summed E-state index contributed by atoms with van der Waals surface area (Å²) in [6.07, 6.45) is -4.53. The molecule has 2 aromatic rings. The van der Waals surface area contributed by atoms with E-state index < -0.39 is 23.4 Å². The molecule has 0 amide bonds. The van der Waals surface area contributed by atoms with Gasteiger partial charge in [-0.05, 0) is 42.7 Å². The molecule has 0 radical (unpaired) electrons. The molecule has 29 heavy (non-hydrogen) atoms. The highest BCUT2D eigenvalue weighted by Crippen LogP contribution is 2.40. The lowest BCUT2D eigenvalue weighted by atomic mass is 9.83. The third-order valence-corrected chi connectivity index (χ3v) is 5.93. The van der Waals surface area contributed by atoms with Crippen LogP contribution in [0.15, 0.2) is 42.5 Å². The van der Waals surface area contributed by atoms with Gasteiger partial charge in [0.1, 0.15) is 24.2 Å². The van der Waals surface area contributed by atoms with Crippen molar-refractivity contribution in [2.45, 2.75) is 36.8 Å². The van der Waals surface area contributed by atoms with Gasteiger partial charge in [0.15, 0.2) is 0 Å². The highest BCUT2D eigenvalue weighted by atomic mass is 19.4. The van der Waals surface area contributed by atoms with Gasteiger partial charge < -0.3 is 20.1 Å². The minimum Gasteiger partial charge on any atom is -0.508 e. The molecule has 1 saturated heterocycles. The number of alkyl halides is 3. The van der Waals surface area contributed by atoms with E-state index in [2.05, 4.69) is 0 Å². The highest BCUT2D eigenvalue weighted by Gasteiger charge is 2.40. The SMILES string of the molecule is Oc1ccc2c(c1)OC[C@@H](N1CCC(O)(c3ccc(C(F)(F)F)cc3)CC1)[C@H]2O. The molecule has 156 valence electrons. The fourth-order valence-electron chi connectivity index (χ4n) is 4.15. The van der Waals surface area contributed by atoms with Crippen LogP contribution in [0, 0.1) is 0 Å². The molecule has 2 atom stereocenters. The minimum atomic E-state index is -4.41. The Balaban J connectivity index is 1.44. The molecule has 8 heteroatoms. The van der Waals surface area contributed by atoms with Crippen molar-refractivity contribution in [2.75, 3.05) is 19.7 Å². The van der Waals surface area contributed by atoms with E-state index in [4.69, 9.17) is 4.74 Å². The van der Waals surface area contributed by atoms with Crippen molar-refractivity contribution in [3.05, 3.63) is 59.2 Å². The van der Waals surface area contributed by atoms with E-state index in [9.17, 15) is 28.5 Å². The van der Waals surface area contributed by atoms with Crippen molar-refractivity contribution in [3.8, 4) is 11.5 Å². The third-order valence-electron chi connectivity index (χ3n) is 5.93. The summed E-state index contributed by atoms with van der Waals surface area (Å²) in [5.74, 6) is 0.515. The number of likely N-dealkylation sites (tertiary alicyclic amines) is 1. The number of phenols is 1. The summed E-state index contributed by atoms with van der Waals surface area (Å²) < 4.78 is 44.0. The average Bonchev–Trinajstić information content (AvgIpc) is 2.69. The number of rotatable bonds is 2. The number of benzene rings is 2. The summed E-state index contributed by atoms with van der Waals surface area (Å²) in [6, 6.07) is 8.94. The molecule has 1 fully saturated rings. The number of ether oxygens (including phenoxy) is 1. The van der Waals surface area contributed by atoms with E-state index in [1.807, 2.05) is 4.90 Å². The van der Waals surface area contributed by atoms with E-state index in [0.29, 0.717) is 42.8 Å². The molecular formula is C21H22F3NO4. The van der Waals surface area contributed by atoms with E-state index >= 15 is 0 Å². The fourth-order valence-corrected chi connectivity index (χ4v) is 4.15. The second-order valence-corrected chi connectivity index (χ2v) is 7.69. The Morgan fingerprint density at radius 1 is 1.03 bits per heavy atom. The van der Waals surface area contributed by atoms with Gasteiger partial charge in [-0.3, -0.25) is 4.90 Å². The van der Waals surface area contributed by atoms with E-state index in [1.165, 1.54) is 24.3 Å². The number of hydrogen-bond acceptors (Lipinski definition) is 5. The third kappa shape index (κ3) is 3.80. The predicted octanol–water partition coefficient (Wildman–Crippen LogP) is 3.19. The number of aromatic hydroxyl groups is 1. The first-order valence-corrected chi connectivity index (χ1v) is 9.45. The van der Waals surface area contributed by atoms with Gasteiger partial charge in [0.25, 0.3) is 0 Å². The molecule has 2 aliphatic heterocycles. The molecule has 0 unspecified atom stereocenters. The zero-order chi connectivity index (χ0) is 20.8. The van der Waals surface area contributed by atoms with Gasteiger partial charge in [-0.15, -0.1) is 0 Å². The maximum Gasteiger partial charge on any atom is 0.416 e. The topological polar surface area (TPSA) is 73.2 Å². The van der Waals surface area contributed by atoms with Crippen molar-refractivity contribution in [2.24, 2.45) is 0 Å². The summed E-state index contributed by atoms with van der Waals surface area (Å²) in [5.41, 5.74) is -0.881. The van der Waals surface area contributed by atoms with Gasteiger partial charge in [0, 0.05) is 24.7 Å². The minimum absolute atomic E-state index is 0.0639. The first-order chi connectivity index (χ1) is 13.7. The molecule has 0 aliphatic carbocycles. The van der Waals surface area contributed by atoms with Crippen molar-refractivity contribution >= 4 is 0 Å². The number of hydrogen-bond donors (Lipinski definition) is 3. The Morgan fingerprint density at radius 3 is 2.31 bits per heavy atom. The molecule has 3 N–H and O–H groups in total. The van der Waals surface area contributed by atoms with Crippen molar-refractivity contribution in [1.29, 1.82) is 0 Å². The number of phenolic OH excluding ortho intramolecular Hbond substituents is 1. The van der Waals surface area contributed by atoms with Gasteiger partial charge >= 0.3 is 6.18 Å². The Bertz CT molecular complexity index is 876. The van der Waals surface area contributed by atoms with Crippen LogP contribution in [0.2, 0.25) is 0 Å². The first kappa shape index (κ1) is 20.0. The maximum atomic E-state index is 12.8. The molecule has 0 spiro atoms. The molecule has 0 bridgehead atoms. The van der Waals surface area contributed by atoms with Crippen molar-refractivity contribution < 1.29 is 33.2 Å². The lowest BCUT2D eigenvalue weighted by Crippen LogP contribution is -2.52. The van der Waals surface area contributed by atoms with Crippen LogP contribution in [0.4, 0.5) is 13.2 Å². The Kier molecular flexibility index (Phi) is 4.96. The summed E-state index contributed by atoms with van der Waals surface area (Å²) in [4.78, 5) is 2.03. The van der Waals surface area contributed by atoms with E-state index in [1.54, 1.807) is 6.07 Å². The normalized spacial score (nSPS) is 24.6. The summed E-state index contributed by atoms with van der Waals surface area (Å²) in [7, 11) is 0. The van der Waals surface area contributed by atoms with Crippen molar-refractivity contribution in [3.63, 3.8) is 0 Å². The van der Waals surface area contributed by atoms with Crippen LogP contribution in [0.25, 0.3) is 0 Å². The van der Waals surface area contributed by atoms with Gasteiger partial charge in [-0.1, -0.05) is 12.1 Å². The maximum absolute atomic E-state index is 12.8. The molecule has 4 rings (SSSR count). The average molecular weight is 409 g/mol. The predicted molar refractivity (Wildman–Crippen MR) is 98.5 cm³/mol. The van der Waals surface area contributed by atoms with Gasteiger partial charge in [-0.2, -0.15) is 13.2 Å². The second kappa shape index (κ2) is 7.19. The van der Waals surface area contributed by atoms with Crippen LogP contribution in [0.3, 0.4) is 0 Å². The van der Waals surface area contributed by atoms with Crippen LogP contribution in [0.5, 0.6) is 11.5 Å². The Labute approximate surface area is 166 Å². The zero-order valence-corrected chi connectivity index (χ0v) is 15.6. The number of piperidine rings is 1. The van der Waals surface area contributed by atoms with Gasteiger partial charge in [0.2, 0.25) is 0 Å². The second-order valence-electron chi connectivity index (χ2n) is 7.69. The molecular weight excluding hydrogens is 387 g/mol. The van der Waals surface area contributed by atoms with Crippen LogP contribution in [-0.2, 0) is 11.8 Å². The van der Waals surface area contributed by atoms with Gasteiger partial charge in [0.05, 0.1) is 17.2 Å². The van der Waals surface area contributed by atoms with E-state index in [0.717, 1.165) is 12.1 Å². The van der Waals surface area contributed by atoms with Crippen molar-refractivity contribution in [1.82, 2.24) is 4.90 Å². The quantitative estimate of drug-likeness (QED) is 0.711. The molecule has 2 heterocycles. The summed E-state index contributed by atoms with van der Waals surface area (Å²) in [6.45, 7) is 1.18. The zero-order valence-electron chi connectivity index (χ0n) is 15.6.